The lowest BCUT2D eigenvalue weighted by Crippen LogP contribution is -2.55. The molecule has 1 N–H and O–H groups in total. The Morgan fingerprint density at radius 1 is 1.20 bits per heavy atom. The number of fused-ring (bicyclic) bond motifs is 1. The number of piperidine rings is 1. The van der Waals surface area contributed by atoms with Crippen molar-refractivity contribution in [1.82, 2.24) is 9.80 Å². The SMILES string of the molecule is COc1c(CO)ccc2c1C(=O)N(C1CCC(=O)N(COCC[Si](C)(C)C)C1=O)C2. The van der Waals surface area contributed by atoms with Crippen molar-refractivity contribution in [2.45, 2.75) is 57.7 Å². The zero-order valence-corrected chi connectivity index (χ0v) is 19.1. The molecule has 1 atom stereocenters. The third-order valence-electron chi connectivity index (χ3n) is 5.59. The van der Waals surface area contributed by atoms with Crippen molar-refractivity contribution >= 4 is 25.8 Å². The molecule has 0 aliphatic carbocycles. The fourth-order valence-electron chi connectivity index (χ4n) is 3.82. The predicted molar refractivity (Wildman–Crippen MR) is 113 cm³/mol. The topological polar surface area (TPSA) is 96.4 Å². The lowest BCUT2D eigenvalue weighted by Gasteiger charge is -2.35. The Kier molecular flexibility index (Phi) is 6.64. The molecular formula is C21H30N2O6Si. The normalized spacial score (nSPS) is 19.5. The summed E-state index contributed by atoms with van der Waals surface area (Å²) in [7, 11) is 0.182. The van der Waals surface area contributed by atoms with Crippen LogP contribution >= 0.6 is 0 Å². The standard InChI is InChI=1S/C21H30N2O6Si/c1-28-19-15(12-24)6-5-14-11-22(21(27)18(14)19)16-7-8-17(25)23(20(16)26)13-29-9-10-30(2,3)4/h5-6,16,24H,7-13H2,1-4H3. The molecule has 3 amide bonds. The highest BCUT2D eigenvalue weighted by atomic mass is 28.3. The molecule has 1 saturated heterocycles. The summed E-state index contributed by atoms with van der Waals surface area (Å²) in [5.41, 5.74) is 1.65. The van der Waals surface area contributed by atoms with E-state index in [1.165, 1.54) is 12.0 Å². The van der Waals surface area contributed by atoms with Crippen LogP contribution in [0, 0.1) is 0 Å². The van der Waals surface area contributed by atoms with Gasteiger partial charge in [-0.05, 0) is 18.0 Å². The summed E-state index contributed by atoms with van der Waals surface area (Å²) in [6, 6.07) is 3.72. The summed E-state index contributed by atoms with van der Waals surface area (Å²) >= 11 is 0. The van der Waals surface area contributed by atoms with Gasteiger partial charge in [0, 0.05) is 33.2 Å². The Labute approximate surface area is 177 Å². The van der Waals surface area contributed by atoms with Crippen LogP contribution in [0.4, 0.5) is 0 Å². The number of carbonyl (C=O) groups excluding carboxylic acids is 3. The van der Waals surface area contributed by atoms with Crippen molar-refractivity contribution < 1.29 is 29.0 Å². The molecule has 1 unspecified atom stereocenters. The van der Waals surface area contributed by atoms with Crippen molar-refractivity contribution in [3.05, 3.63) is 28.8 Å². The van der Waals surface area contributed by atoms with Gasteiger partial charge in [-0.2, -0.15) is 0 Å². The van der Waals surface area contributed by atoms with Gasteiger partial charge < -0.3 is 19.5 Å². The first-order valence-corrected chi connectivity index (χ1v) is 13.9. The first-order chi connectivity index (χ1) is 14.2. The molecular weight excluding hydrogens is 404 g/mol. The van der Waals surface area contributed by atoms with Crippen LogP contribution in [0.5, 0.6) is 5.75 Å². The van der Waals surface area contributed by atoms with Crippen molar-refractivity contribution in [1.29, 1.82) is 0 Å². The van der Waals surface area contributed by atoms with Gasteiger partial charge in [0.05, 0.1) is 19.3 Å². The van der Waals surface area contributed by atoms with Crippen molar-refractivity contribution in [2.75, 3.05) is 20.4 Å². The first kappa shape index (κ1) is 22.5. The van der Waals surface area contributed by atoms with Gasteiger partial charge >= 0.3 is 0 Å². The Balaban J connectivity index is 1.73. The van der Waals surface area contributed by atoms with E-state index in [1.807, 2.05) is 0 Å². The number of aliphatic hydroxyl groups is 1. The summed E-state index contributed by atoms with van der Waals surface area (Å²) in [6.45, 7) is 7.15. The molecule has 2 heterocycles. The van der Waals surface area contributed by atoms with Crippen LogP contribution in [0.2, 0.25) is 25.7 Å². The highest BCUT2D eigenvalue weighted by Gasteiger charge is 2.44. The van der Waals surface area contributed by atoms with Gasteiger partial charge in [0.2, 0.25) is 5.91 Å². The molecule has 0 saturated carbocycles. The molecule has 1 aromatic rings. The number of methoxy groups -OCH3 is 1. The maximum atomic E-state index is 13.1. The largest absolute Gasteiger partial charge is 0.496 e. The highest BCUT2D eigenvalue weighted by Crippen LogP contribution is 2.36. The Hall–Kier alpha value is -2.23. The minimum atomic E-state index is -1.27. The minimum Gasteiger partial charge on any atom is -0.496 e. The molecule has 0 radical (unpaired) electrons. The first-order valence-electron chi connectivity index (χ1n) is 10.2. The molecule has 2 aliphatic heterocycles. The second-order valence-corrected chi connectivity index (χ2v) is 14.6. The molecule has 164 valence electrons. The van der Waals surface area contributed by atoms with Crippen LogP contribution in [0.3, 0.4) is 0 Å². The van der Waals surface area contributed by atoms with Crippen molar-refractivity contribution in [2.24, 2.45) is 0 Å². The van der Waals surface area contributed by atoms with E-state index in [0.29, 0.717) is 23.5 Å². The molecule has 1 aromatic carbocycles. The average Bonchev–Trinajstić information content (AvgIpc) is 3.02. The number of aliphatic hydroxyl groups excluding tert-OH is 1. The van der Waals surface area contributed by atoms with E-state index < -0.39 is 20.0 Å². The number of likely N-dealkylation sites (tertiary alicyclic amines) is 1. The fraction of sp³-hybridized carbons (Fsp3) is 0.571. The lowest BCUT2D eigenvalue weighted by molar-refractivity contribution is -0.158. The Morgan fingerprint density at radius 3 is 2.57 bits per heavy atom. The summed E-state index contributed by atoms with van der Waals surface area (Å²) in [5.74, 6) is -0.645. The van der Waals surface area contributed by atoms with Gasteiger partial charge in [0.25, 0.3) is 11.8 Å². The van der Waals surface area contributed by atoms with E-state index in [2.05, 4.69) is 19.6 Å². The van der Waals surface area contributed by atoms with Crippen LogP contribution in [0.15, 0.2) is 12.1 Å². The summed E-state index contributed by atoms with van der Waals surface area (Å²) in [4.78, 5) is 41.1. The molecule has 3 rings (SSSR count). The number of ether oxygens (including phenoxy) is 2. The number of rotatable bonds is 8. The second kappa shape index (κ2) is 8.87. The molecule has 0 aromatic heterocycles. The van der Waals surface area contributed by atoms with Crippen molar-refractivity contribution in [3.63, 3.8) is 0 Å². The second-order valence-electron chi connectivity index (χ2n) is 8.95. The third kappa shape index (κ3) is 4.42. The lowest BCUT2D eigenvalue weighted by atomic mass is 10.0. The highest BCUT2D eigenvalue weighted by molar-refractivity contribution is 6.76. The number of hydrogen-bond acceptors (Lipinski definition) is 6. The number of hydrogen-bond donors (Lipinski definition) is 1. The van der Waals surface area contributed by atoms with Crippen LogP contribution in [0.1, 0.15) is 34.3 Å². The van der Waals surface area contributed by atoms with Gasteiger partial charge in [0.1, 0.15) is 18.5 Å². The number of nitrogens with zero attached hydrogens (tertiary/aromatic N) is 2. The van der Waals surface area contributed by atoms with Gasteiger partial charge in [0.15, 0.2) is 0 Å². The van der Waals surface area contributed by atoms with Gasteiger partial charge in [-0.1, -0.05) is 31.8 Å². The van der Waals surface area contributed by atoms with Crippen molar-refractivity contribution in [3.8, 4) is 5.75 Å². The predicted octanol–water partition coefficient (Wildman–Crippen LogP) is 1.97. The molecule has 9 heteroatoms. The average molecular weight is 435 g/mol. The number of amides is 3. The quantitative estimate of drug-likeness (QED) is 0.382. The molecule has 2 aliphatic rings. The summed E-state index contributed by atoms with van der Waals surface area (Å²) in [6.07, 6.45) is 0.477. The molecule has 8 nitrogen and oxygen atoms in total. The Bertz CT molecular complexity index is 851. The minimum absolute atomic E-state index is 0.0778. The van der Waals surface area contributed by atoms with E-state index in [4.69, 9.17) is 9.47 Å². The maximum absolute atomic E-state index is 13.1. The summed E-state index contributed by atoms with van der Waals surface area (Å²) < 4.78 is 11.0. The molecule has 30 heavy (non-hydrogen) atoms. The van der Waals surface area contributed by atoms with Gasteiger partial charge in [-0.25, -0.2) is 0 Å². The van der Waals surface area contributed by atoms with E-state index in [-0.39, 0.29) is 44.5 Å². The zero-order valence-electron chi connectivity index (χ0n) is 18.1. The van der Waals surface area contributed by atoms with Crippen LogP contribution in [-0.4, -0.2) is 67.2 Å². The number of imide groups is 1. The van der Waals surface area contributed by atoms with Crippen LogP contribution < -0.4 is 4.74 Å². The van der Waals surface area contributed by atoms with E-state index in [1.54, 1.807) is 12.1 Å². The maximum Gasteiger partial charge on any atom is 0.258 e. The summed E-state index contributed by atoms with van der Waals surface area (Å²) in [5, 5.41) is 9.53. The van der Waals surface area contributed by atoms with E-state index in [9.17, 15) is 19.5 Å². The number of benzene rings is 1. The third-order valence-corrected chi connectivity index (χ3v) is 7.30. The zero-order chi connectivity index (χ0) is 22.1. The smallest absolute Gasteiger partial charge is 0.258 e. The van der Waals surface area contributed by atoms with Crippen LogP contribution in [0.25, 0.3) is 0 Å². The fourth-order valence-corrected chi connectivity index (χ4v) is 4.58. The Morgan fingerprint density at radius 2 is 1.93 bits per heavy atom. The number of carbonyl (C=O) groups is 3. The van der Waals surface area contributed by atoms with Gasteiger partial charge in [-0.3, -0.25) is 19.3 Å². The molecule has 0 bridgehead atoms. The van der Waals surface area contributed by atoms with E-state index in [0.717, 1.165) is 16.5 Å². The van der Waals surface area contributed by atoms with Gasteiger partial charge in [-0.15, -0.1) is 0 Å². The van der Waals surface area contributed by atoms with Crippen LogP contribution in [-0.2, 0) is 27.5 Å². The molecule has 1 fully saturated rings. The molecule has 0 spiro atoms. The monoisotopic (exact) mass is 434 g/mol. The van der Waals surface area contributed by atoms with E-state index >= 15 is 0 Å².